The van der Waals surface area contributed by atoms with E-state index in [1.165, 1.54) is 7.11 Å². The smallest absolute Gasteiger partial charge is 0.255 e. The van der Waals surface area contributed by atoms with Crippen molar-refractivity contribution >= 4 is 52.3 Å². The standard InChI is InChI=1S/C30H39ClN4O3.ClH/c1-3-35-20-24(22-9-6-7-10-27(22)35)28(36)11-5-4-8-14-34-15-12-21(13-16-34)19-33-30(37)23-17-25(31)26(32)18-29(23)38-2;/h6-7,9-10,17-18,20-21H,3-5,8,11-16,19,32H2,1-2H3,(H,33,37);1H. The first-order chi connectivity index (χ1) is 18.4. The van der Waals surface area contributed by atoms with Crippen LogP contribution in [-0.4, -0.2) is 54.4 Å². The number of ether oxygens (including phenoxy) is 1. The van der Waals surface area contributed by atoms with Crippen molar-refractivity contribution in [3.05, 3.63) is 58.7 Å². The van der Waals surface area contributed by atoms with Gasteiger partial charge in [-0.2, -0.15) is 0 Å². The van der Waals surface area contributed by atoms with Crippen LogP contribution in [0.2, 0.25) is 5.02 Å². The fourth-order valence-electron chi connectivity index (χ4n) is 5.32. The normalized spacial score (nSPS) is 14.2. The number of Topliss-reactive ketones (excluding diaryl/α,β-unsaturated/α-hetero) is 1. The van der Waals surface area contributed by atoms with Gasteiger partial charge in [0.05, 0.1) is 23.4 Å². The Morgan fingerprint density at radius 3 is 2.56 bits per heavy atom. The van der Waals surface area contributed by atoms with Crippen LogP contribution in [0.4, 0.5) is 5.69 Å². The number of benzene rings is 2. The number of rotatable bonds is 12. The molecule has 3 aromatic rings. The number of hydrogen-bond donors (Lipinski definition) is 2. The third-order valence-corrected chi connectivity index (χ3v) is 7.96. The summed E-state index contributed by atoms with van der Waals surface area (Å²) in [5, 5.41) is 4.44. The predicted molar refractivity (Wildman–Crippen MR) is 162 cm³/mol. The van der Waals surface area contributed by atoms with Gasteiger partial charge in [0.25, 0.3) is 5.91 Å². The lowest BCUT2D eigenvalue weighted by Gasteiger charge is -2.32. The second-order valence-electron chi connectivity index (χ2n) is 10.1. The number of carbonyl (C=O) groups excluding carboxylic acids is 2. The van der Waals surface area contributed by atoms with E-state index in [1.54, 1.807) is 12.1 Å². The minimum atomic E-state index is -0.194. The van der Waals surface area contributed by atoms with E-state index in [4.69, 9.17) is 22.1 Å². The number of methoxy groups -OCH3 is 1. The molecular formula is C30H40Cl2N4O3. The predicted octanol–water partition coefficient (Wildman–Crippen LogP) is 6.21. The highest BCUT2D eigenvalue weighted by Gasteiger charge is 2.21. The Morgan fingerprint density at radius 1 is 1.10 bits per heavy atom. The van der Waals surface area contributed by atoms with Gasteiger partial charge in [0.15, 0.2) is 5.78 Å². The highest BCUT2D eigenvalue weighted by atomic mass is 35.5. The first-order valence-corrected chi connectivity index (χ1v) is 14.0. The van der Waals surface area contributed by atoms with Crippen molar-refractivity contribution in [3.8, 4) is 5.75 Å². The number of aromatic nitrogens is 1. The van der Waals surface area contributed by atoms with E-state index in [9.17, 15) is 9.59 Å². The van der Waals surface area contributed by atoms with E-state index in [0.717, 1.165) is 74.7 Å². The summed E-state index contributed by atoms with van der Waals surface area (Å²) < 4.78 is 7.45. The van der Waals surface area contributed by atoms with Gasteiger partial charge in [0, 0.05) is 48.2 Å². The lowest BCUT2D eigenvalue weighted by Crippen LogP contribution is -2.39. The average molecular weight is 576 g/mol. The van der Waals surface area contributed by atoms with Crippen LogP contribution in [0.15, 0.2) is 42.6 Å². The molecule has 1 aliphatic rings. The molecule has 0 aliphatic carbocycles. The number of hydrogen-bond acceptors (Lipinski definition) is 5. The van der Waals surface area contributed by atoms with Crippen molar-refractivity contribution in [2.24, 2.45) is 5.92 Å². The molecule has 7 nitrogen and oxygen atoms in total. The van der Waals surface area contributed by atoms with Crippen molar-refractivity contribution in [3.63, 3.8) is 0 Å². The molecule has 2 heterocycles. The maximum Gasteiger partial charge on any atom is 0.255 e. The number of nitrogens with zero attached hydrogens (tertiary/aromatic N) is 2. The number of nitrogens with two attached hydrogens (primary N) is 1. The first kappa shape index (κ1) is 30.8. The molecule has 39 heavy (non-hydrogen) atoms. The topological polar surface area (TPSA) is 89.6 Å². The van der Waals surface area contributed by atoms with Gasteiger partial charge in [0.1, 0.15) is 5.75 Å². The Labute approximate surface area is 242 Å². The van der Waals surface area contributed by atoms with E-state index in [-0.39, 0.29) is 24.1 Å². The van der Waals surface area contributed by atoms with Crippen molar-refractivity contribution in [1.29, 1.82) is 0 Å². The molecule has 2 aromatic carbocycles. The lowest BCUT2D eigenvalue weighted by atomic mass is 9.96. The Kier molecular flexibility index (Phi) is 11.5. The number of ketones is 1. The Balaban J connectivity index is 0.00000420. The summed E-state index contributed by atoms with van der Waals surface area (Å²) in [7, 11) is 1.51. The van der Waals surface area contributed by atoms with Crippen LogP contribution in [0.1, 0.15) is 66.2 Å². The Bertz CT molecular complexity index is 1270. The summed E-state index contributed by atoms with van der Waals surface area (Å²) in [6.45, 7) is 6.73. The van der Waals surface area contributed by atoms with Gasteiger partial charge in [-0.25, -0.2) is 0 Å². The van der Waals surface area contributed by atoms with E-state index in [2.05, 4.69) is 27.8 Å². The number of para-hydroxylation sites is 1. The molecule has 9 heteroatoms. The zero-order valence-electron chi connectivity index (χ0n) is 22.9. The number of anilines is 1. The molecular weight excluding hydrogens is 535 g/mol. The summed E-state index contributed by atoms with van der Waals surface area (Å²) in [4.78, 5) is 28.1. The molecule has 1 aliphatic heterocycles. The number of piperidine rings is 1. The largest absolute Gasteiger partial charge is 0.496 e. The molecule has 1 aromatic heterocycles. The highest BCUT2D eigenvalue weighted by Crippen LogP contribution is 2.29. The SMILES string of the molecule is CCn1cc(C(=O)CCCCCN2CCC(CNC(=O)c3cc(Cl)c(N)cc3OC)CC2)c2ccccc21.Cl. The van der Waals surface area contributed by atoms with Gasteiger partial charge in [-0.1, -0.05) is 36.2 Å². The van der Waals surface area contributed by atoms with E-state index in [1.807, 2.05) is 24.4 Å². The van der Waals surface area contributed by atoms with Crippen LogP contribution in [-0.2, 0) is 6.54 Å². The molecule has 0 unspecified atom stereocenters. The Morgan fingerprint density at radius 2 is 1.85 bits per heavy atom. The number of halogens is 2. The highest BCUT2D eigenvalue weighted by molar-refractivity contribution is 6.33. The summed E-state index contributed by atoms with van der Waals surface area (Å²) in [6.07, 6.45) is 7.80. The molecule has 0 bridgehead atoms. The lowest BCUT2D eigenvalue weighted by molar-refractivity contribution is 0.0932. The molecule has 0 radical (unpaired) electrons. The van der Waals surface area contributed by atoms with E-state index in [0.29, 0.717) is 40.9 Å². The Hall–Kier alpha value is -2.74. The first-order valence-electron chi connectivity index (χ1n) is 13.7. The molecule has 3 N–H and O–H groups in total. The minimum absolute atomic E-state index is 0. The zero-order chi connectivity index (χ0) is 27.1. The molecule has 0 spiro atoms. The molecule has 0 saturated carbocycles. The summed E-state index contributed by atoms with van der Waals surface area (Å²) in [6, 6.07) is 11.3. The molecule has 1 amide bonds. The fourth-order valence-corrected chi connectivity index (χ4v) is 5.49. The summed E-state index contributed by atoms with van der Waals surface area (Å²) in [5.41, 5.74) is 8.60. The number of fused-ring (bicyclic) bond motifs is 1. The van der Waals surface area contributed by atoms with Crippen LogP contribution in [0, 0.1) is 5.92 Å². The maximum atomic E-state index is 12.9. The molecule has 1 saturated heterocycles. The van der Waals surface area contributed by atoms with E-state index < -0.39 is 0 Å². The van der Waals surface area contributed by atoms with Crippen molar-refractivity contribution in [2.45, 2.75) is 52.0 Å². The summed E-state index contributed by atoms with van der Waals surface area (Å²) >= 11 is 6.10. The number of aryl methyl sites for hydroxylation is 1. The average Bonchev–Trinajstić information content (AvgIpc) is 3.32. The van der Waals surface area contributed by atoms with Crippen LogP contribution < -0.4 is 15.8 Å². The second-order valence-corrected chi connectivity index (χ2v) is 10.6. The van der Waals surface area contributed by atoms with Crippen LogP contribution >= 0.6 is 24.0 Å². The van der Waals surface area contributed by atoms with Crippen molar-refractivity contribution in [1.82, 2.24) is 14.8 Å². The number of nitrogens with one attached hydrogen (secondary N) is 1. The number of unbranched alkanes of at least 4 members (excludes halogenated alkanes) is 2. The van der Waals surface area contributed by atoms with Gasteiger partial charge in [-0.15, -0.1) is 12.4 Å². The van der Waals surface area contributed by atoms with Gasteiger partial charge < -0.3 is 25.3 Å². The third-order valence-electron chi connectivity index (χ3n) is 7.63. The molecule has 4 rings (SSSR count). The van der Waals surface area contributed by atoms with Crippen LogP contribution in [0.25, 0.3) is 10.9 Å². The molecule has 0 atom stereocenters. The van der Waals surface area contributed by atoms with Gasteiger partial charge in [-0.3, -0.25) is 9.59 Å². The van der Waals surface area contributed by atoms with Gasteiger partial charge in [-0.05, 0) is 70.3 Å². The maximum absolute atomic E-state index is 12.9. The number of likely N-dealkylation sites (tertiary alicyclic amines) is 1. The monoisotopic (exact) mass is 574 g/mol. The van der Waals surface area contributed by atoms with E-state index >= 15 is 0 Å². The van der Waals surface area contributed by atoms with Crippen molar-refractivity contribution in [2.75, 3.05) is 39.0 Å². The van der Waals surface area contributed by atoms with Crippen LogP contribution in [0.5, 0.6) is 5.75 Å². The number of carbonyl (C=O) groups is 2. The number of amides is 1. The molecule has 212 valence electrons. The van der Waals surface area contributed by atoms with Gasteiger partial charge in [0.2, 0.25) is 0 Å². The second kappa shape index (κ2) is 14.6. The zero-order valence-corrected chi connectivity index (χ0v) is 24.5. The number of nitrogen functional groups attached to an aromatic ring is 1. The van der Waals surface area contributed by atoms with Gasteiger partial charge >= 0.3 is 0 Å². The molecule has 1 fully saturated rings. The third kappa shape index (κ3) is 7.68. The minimum Gasteiger partial charge on any atom is -0.496 e. The van der Waals surface area contributed by atoms with Crippen molar-refractivity contribution < 1.29 is 14.3 Å². The summed E-state index contributed by atoms with van der Waals surface area (Å²) in [5.74, 6) is 0.928. The quantitative estimate of drug-likeness (QED) is 0.152. The van der Waals surface area contributed by atoms with Crippen LogP contribution in [0.3, 0.4) is 0 Å². The fraction of sp³-hybridized carbons (Fsp3) is 0.467.